The minimum absolute atomic E-state index is 0.00778. The number of nitrogen functional groups attached to an aromatic ring is 1. The molecule has 10 heteroatoms. The standard InChI is InChI=1S/C28H34F3N5O2/c1-17(37-2)16-38-22-10-5-19-6-11-24(35-25(19)14-22)27(34)36-15-20(7-12-26(36)33)23(28(29,30)31)13-18-3-8-21(32)9-4-18/h5-7,10-12,14-15,17-18,21,23,33-34H,3-4,8-9,13,16,32H2,1-2H3/p+1/t17-,18?,21?,23+/m0/s1. The molecule has 0 unspecified atom stereocenters. The van der Waals surface area contributed by atoms with Gasteiger partial charge in [0, 0.05) is 30.7 Å². The first kappa shape index (κ1) is 27.8. The molecule has 1 saturated carbocycles. The Morgan fingerprint density at radius 1 is 1.13 bits per heavy atom. The fraction of sp³-hybridized carbons (Fsp3) is 0.464. The highest BCUT2D eigenvalue weighted by molar-refractivity contribution is 5.91. The minimum atomic E-state index is -4.42. The van der Waals surface area contributed by atoms with Crippen LogP contribution in [-0.4, -0.2) is 42.9 Å². The third kappa shape index (κ3) is 6.60. The summed E-state index contributed by atoms with van der Waals surface area (Å²) in [6.07, 6.45) is -0.325. The van der Waals surface area contributed by atoms with E-state index in [0.29, 0.717) is 30.7 Å². The normalized spacial score (nSPS) is 19.7. The van der Waals surface area contributed by atoms with E-state index in [4.69, 9.17) is 26.4 Å². The van der Waals surface area contributed by atoms with E-state index in [2.05, 4.69) is 4.98 Å². The Balaban J connectivity index is 1.61. The molecule has 0 bridgehead atoms. The summed E-state index contributed by atoms with van der Waals surface area (Å²) in [5.41, 5.74) is 13.0. The maximum atomic E-state index is 14.2. The maximum absolute atomic E-state index is 14.2. The van der Waals surface area contributed by atoms with Crippen molar-refractivity contribution in [3.8, 4) is 5.75 Å². The van der Waals surface area contributed by atoms with E-state index < -0.39 is 12.1 Å². The van der Waals surface area contributed by atoms with Crippen LogP contribution in [0.15, 0.2) is 48.7 Å². The Morgan fingerprint density at radius 2 is 1.84 bits per heavy atom. The topological polar surface area (TPSA) is 111 Å². The Bertz CT molecular complexity index is 1280. The molecule has 3 aromatic rings. The van der Waals surface area contributed by atoms with Gasteiger partial charge in [0.2, 0.25) is 5.82 Å². The third-order valence-electron chi connectivity index (χ3n) is 7.29. The van der Waals surface area contributed by atoms with Crippen molar-refractivity contribution in [1.29, 1.82) is 5.41 Å². The monoisotopic (exact) mass is 530 g/mol. The predicted octanol–water partition coefficient (Wildman–Crippen LogP) is 4.95. The van der Waals surface area contributed by atoms with Crippen LogP contribution >= 0.6 is 0 Å². The van der Waals surface area contributed by atoms with Crippen molar-refractivity contribution in [2.24, 2.45) is 11.7 Å². The number of rotatable bonds is 8. The van der Waals surface area contributed by atoms with Gasteiger partial charge in [-0.3, -0.25) is 0 Å². The zero-order valence-corrected chi connectivity index (χ0v) is 21.7. The summed E-state index contributed by atoms with van der Waals surface area (Å²) in [4.78, 5) is 4.58. The summed E-state index contributed by atoms with van der Waals surface area (Å²) in [7, 11) is 1.61. The molecule has 38 heavy (non-hydrogen) atoms. The van der Waals surface area contributed by atoms with Crippen LogP contribution < -0.4 is 20.8 Å². The molecule has 1 aliphatic carbocycles. The Morgan fingerprint density at radius 3 is 2.53 bits per heavy atom. The number of hydrogen-bond donors (Lipinski definition) is 3. The number of anilines is 1. The van der Waals surface area contributed by atoms with Crippen LogP contribution in [0.25, 0.3) is 10.9 Å². The number of aromatic nitrogens is 2. The molecule has 0 spiro atoms. The molecule has 7 nitrogen and oxygen atoms in total. The number of methoxy groups -OCH3 is 1. The fourth-order valence-corrected chi connectivity index (χ4v) is 4.87. The molecule has 1 aromatic carbocycles. The number of alkyl halides is 3. The predicted molar refractivity (Wildman–Crippen MR) is 140 cm³/mol. The Kier molecular flexibility index (Phi) is 8.52. The number of nitrogens with zero attached hydrogens (tertiary/aromatic N) is 2. The molecule has 204 valence electrons. The molecule has 0 saturated heterocycles. The molecule has 0 aliphatic heterocycles. The molecule has 2 atom stereocenters. The van der Waals surface area contributed by atoms with Crippen molar-refractivity contribution < 1.29 is 27.2 Å². The van der Waals surface area contributed by atoms with Gasteiger partial charge in [0.15, 0.2) is 0 Å². The second kappa shape index (κ2) is 11.7. The van der Waals surface area contributed by atoms with Gasteiger partial charge in [-0.2, -0.15) is 18.6 Å². The average Bonchev–Trinajstić information content (AvgIpc) is 2.90. The van der Waals surface area contributed by atoms with Crippen molar-refractivity contribution in [3.05, 3.63) is 59.9 Å². The van der Waals surface area contributed by atoms with Crippen molar-refractivity contribution in [2.45, 2.75) is 63.3 Å². The first-order valence-electron chi connectivity index (χ1n) is 12.8. The van der Waals surface area contributed by atoms with Gasteiger partial charge in [-0.05, 0) is 74.8 Å². The summed E-state index contributed by atoms with van der Waals surface area (Å²) in [6.45, 7) is 2.26. The Hall–Kier alpha value is -3.24. The lowest BCUT2D eigenvalue weighted by molar-refractivity contribution is -0.540. The first-order valence-corrected chi connectivity index (χ1v) is 12.8. The number of halogens is 3. The van der Waals surface area contributed by atoms with Crippen LogP contribution in [-0.2, 0) is 4.74 Å². The second-order valence-corrected chi connectivity index (χ2v) is 10.1. The van der Waals surface area contributed by atoms with E-state index in [1.54, 1.807) is 25.3 Å². The van der Waals surface area contributed by atoms with Crippen LogP contribution in [0.2, 0.25) is 0 Å². The quantitative estimate of drug-likeness (QED) is 0.217. The fourth-order valence-electron chi connectivity index (χ4n) is 4.87. The van der Waals surface area contributed by atoms with Crippen LogP contribution in [0.4, 0.5) is 19.0 Å². The lowest BCUT2D eigenvalue weighted by atomic mass is 9.79. The first-order chi connectivity index (χ1) is 18.0. The maximum Gasteiger partial charge on any atom is 0.395 e. The number of nitrogens with two attached hydrogens (primary N) is 2. The third-order valence-corrected chi connectivity index (χ3v) is 7.29. The molecule has 2 aromatic heterocycles. The van der Waals surface area contributed by atoms with Crippen LogP contribution in [0.3, 0.4) is 0 Å². The largest absolute Gasteiger partial charge is 0.491 e. The molecule has 0 amide bonds. The summed E-state index contributed by atoms with van der Waals surface area (Å²) >= 11 is 0. The van der Waals surface area contributed by atoms with Gasteiger partial charge in [0.05, 0.1) is 23.7 Å². The van der Waals surface area contributed by atoms with Gasteiger partial charge in [-0.15, -0.1) is 0 Å². The van der Waals surface area contributed by atoms with Crippen molar-refractivity contribution in [2.75, 3.05) is 19.5 Å². The highest BCUT2D eigenvalue weighted by atomic mass is 19.4. The van der Waals surface area contributed by atoms with E-state index in [0.717, 1.165) is 18.2 Å². The van der Waals surface area contributed by atoms with Gasteiger partial charge in [0.25, 0.3) is 5.84 Å². The number of pyridine rings is 2. The highest BCUT2D eigenvalue weighted by Gasteiger charge is 2.43. The van der Waals surface area contributed by atoms with E-state index in [1.165, 1.54) is 22.9 Å². The second-order valence-electron chi connectivity index (χ2n) is 10.1. The van der Waals surface area contributed by atoms with Gasteiger partial charge in [0.1, 0.15) is 18.1 Å². The molecule has 2 heterocycles. The summed E-state index contributed by atoms with van der Waals surface area (Å²) in [5, 5.41) is 9.59. The lowest BCUT2D eigenvalue weighted by Crippen LogP contribution is -2.46. The van der Waals surface area contributed by atoms with E-state index >= 15 is 0 Å². The van der Waals surface area contributed by atoms with Crippen LogP contribution in [0.5, 0.6) is 5.75 Å². The number of ether oxygens (including phenoxy) is 2. The van der Waals surface area contributed by atoms with E-state index in [1.807, 2.05) is 19.1 Å². The van der Waals surface area contributed by atoms with Crippen molar-refractivity contribution in [3.63, 3.8) is 0 Å². The van der Waals surface area contributed by atoms with Gasteiger partial charge in [-0.25, -0.2) is 9.55 Å². The molecule has 5 N–H and O–H groups in total. The summed E-state index contributed by atoms with van der Waals surface area (Å²) < 4.78 is 54.8. The number of hydrogen-bond acceptors (Lipinski definition) is 6. The Labute approximate surface area is 220 Å². The van der Waals surface area contributed by atoms with Crippen molar-refractivity contribution in [1.82, 2.24) is 4.98 Å². The number of fused-ring (bicyclic) bond motifs is 1. The average molecular weight is 531 g/mol. The van der Waals surface area contributed by atoms with Crippen LogP contribution in [0.1, 0.15) is 56.2 Å². The zero-order chi connectivity index (χ0) is 27.4. The molecular weight excluding hydrogens is 495 g/mol. The molecule has 1 fully saturated rings. The molecular formula is C28H35F3N5O2+. The number of benzene rings is 1. The van der Waals surface area contributed by atoms with E-state index in [9.17, 15) is 13.2 Å². The minimum Gasteiger partial charge on any atom is -0.491 e. The van der Waals surface area contributed by atoms with Gasteiger partial charge in [-0.1, -0.05) is 6.07 Å². The SMILES string of the molecule is CO[C@@H](C)COc1ccc2ccc(C(=N)[n+]3cc([C@@H](CC4CCC(N)CC4)C(F)(F)F)ccc3N)nc2c1. The van der Waals surface area contributed by atoms with Crippen molar-refractivity contribution >= 4 is 22.6 Å². The summed E-state index contributed by atoms with van der Waals surface area (Å²) in [6, 6.07) is 11.8. The summed E-state index contributed by atoms with van der Waals surface area (Å²) in [5.74, 6) is -1.06. The lowest BCUT2D eigenvalue weighted by Gasteiger charge is -2.30. The zero-order valence-electron chi connectivity index (χ0n) is 21.7. The molecule has 0 radical (unpaired) electrons. The van der Waals surface area contributed by atoms with Crippen LogP contribution in [0, 0.1) is 11.3 Å². The highest BCUT2D eigenvalue weighted by Crippen LogP contribution is 2.42. The van der Waals surface area contributed by atoms with E-state index in [-0.39, 0.29) is 47.4 Å². The van der Waals surface area contributed by atoms with Gasteiger partial charge < -0.3 is 20.9 Å². The molecule has 1 aliphatic rings. The molecule has 4 rings (SSSR count). The smallest absolute Gasteiger partial charge is 0.395 e. The van der Waals surface area contributed by atoms with Gasteiger partial charge >= 0.3 is 6.18 Å². The number of nitrogens with one attached hydrogen (secondary N) is 1.